The number of ether oxygens (including phenoxy) is 1. The number of benzene rings is 1. The van der Waals surface area contributed by atoms with Crippen molar-refractivity contribution in [3.63, 3.8) is 0 Å². The highest BCUT2D eigenvalue weighted by molar-refractivity contribution is 5.85. The Morgan fingerprint density at radius 1 is 1.40 bits per heavy atom. The summed E-state index contributed by atoms with van der Waals surface area (Å²) in [6, 6.07) is 8.17. The number of esters is 1. The van der Waals surface area contributed by atoms with Gasteiger partial charge in [0.05, 0.1) is 7.11 Å². The van der Waals surface area contributed by atoms with E-state index in [1.807, 2.05) is 12.1 Å². The van der Waals surface area contributed by atoms with Gasteiger partial charge in [-0.05, 0) is 55.7 Å². The molecule has 1 N–H and O–H groups in total. The lowest BCUT2D eigenvalue weighted by molar-refractivity contribution is -0.149. The van der Waals surface area contributed by atoms with Crippen LogP contribution in [-0.4, -0.2) is 18.6 Å². The first kappa shape index (κ1) is 14.9. The molecule has 1 saturated carbocycles. The van der Waals surface area contributed by atoms with Crippen molar-refractivity contribution in [2.75, 3.05) is 12.4 Å². The highest BCUT2D eigenvalue weighted by Gasteiger charge is 2.47. The van der Waals surface area contributed by atoms with Crippen molar-refractivity contribution < 1.29 is 9.53 Å². The molecule has 1 fully saturated rings. The lowest BCUT2D eigenvalue weighted by Gasteiger charge is -2.43. The van der Waals surface area contributed by atoms with Gasteiger partial charge in [-0.25, -0.2) is 4.79 Å². The molecule has 0 saturated heterocycles. The van der Waals surface area contributed by atoms with Crippen LogP contribution in [-0.2, 0) is 9.53 Å². The minimum atomic E-state index is -0.588. The number of hydrogen-bond donors (Lipinski definition) is 1. The molecule has 1 aliphatic carbocycles. The van der Waals surface area contributed by atoms with Crippen LogP contribution in [0.15, 0.2) is 24.3 Å². The van der Waals surface area contributed by atoms with E-state index < -0.39 is 5.54 Å². The normalized spacial score (nSPS) is 29.8. The third-order valence-corrected chi connectivity index (χ3v) is 4.56. The van der Waals surface area contributed by atoms with Crippen LogP contribution >= 0.6 is 0 Å². The molecule has 0 heterocycles. The number of aryl methyl sites for hydroxylation is 1. The molecule has 3 atom stereocenters. The van der Waals surface area contributed by atoms with Crippen molar-refractivity contribution in [3.8, 4) is 0 Å². The number of rotatable bonds is 3. The summed E-state index contributed by atoms with van der Waals surface area (Å²) in [7, 11) is 1.48. The zero-order valence-electron chi connectivity index (χ0n) is 12.9. The third kappa shape index (κ3) is 2.82. The number of anilines is 1. The van der Waals surface area contributed by atoms with Crippen LogP contribution < -0.4 is 5.32 Å². The Kier molecular flexibility index (Phi) is 4.36. The second-order valence-corrected chi connectivity index (χ2v) is 6.24. The fourth-order valence-electron chi connectivity index (χ4n) is 3.35. The SMILES string of the molecule is COC(=O)C1(Nc2cccc(C)c2)CCC(C)CC1C. The summed E-state index contributed by atoms with van der Waals surface area (Å²) in [5.74, 6) is 0.791. The Bertz CT molecular complexity index is 486. The van der Waals surface area contributed by atoms with Crippen molar-refractivity contribution in [1.29, 1.82) is 0 Å². The predicted octanol–water partition coefficient (Wildman–Crippen LogP) is 3.77. The molecule has 1 aromatic carbocycles. The number of carbonyl (C=O) groups excluding carboxylic acids is 1. The third-order valence-electron chi connectivity index (χ3n) is 4.56. The molecule has 3 unspecified atom stereocenters. The van der Waals surface area contributed by atoms with Gasteiger partial charge in [-0.2, -0.15) is 0 Å². The van der Waals surface area contributed by atoms with Crippen molar-refractivity contribution in [3.05, 3.63) is 29.8 Å². The lowest BCUT2D eigenvalue weighted by Crippen LogP contribution is -2.55. The molecule has 0 amide bonds. The molecule has 110 valence electrons. The molecular weight excluding hydrogens is 250 g/mol. The van der Waals surface area contributed by atoms with Gasteiger partial charge in [-0.15, -0.1) is 0 Å². The molecule has 3 nitrogen and oxygen atoms in total. The van der Waals surface area contributed by atoms with Gasteiger partial charge in [0, 0.05) is 5.69 Å². The van der Waals surface area contributed by atoms with Crippen molar-refractivity contribution in [2.45, 2.75) is 45.6 Å². The van der Waals surface area contributed by atoms with Crippen LogP contribution in [0.2, 0.25) is 0 Å². The standard InChI is InChI=1S/C17H25NO2/c1-12-6-5-7-15(11-12)18-17(16(19)20-4)9-8-13(2)10-14(17)3/h5-7,11,13-14,18H,8-10H2,1-4H3. The van der Waals surface area contributed by atoms with E-state index in [2.05, 4.69) is 38.2 Å². The first-order valence-electron chi connectivity index (χ1n) is 7.41. The van der Waals surface area contributed by atoms with E-state index in [0.717, 1.165) is 24.9 Å². The van der Waals surface area contributed by atoms with E-state index in [9.17, 15) is 4.79 Å². The summed E-state index contributed by atoms with van der Waals surface area (Å²) < 4.78 is 5.10. The Morgan fingerprint density at radius 3 is 2.75 bits per heavy atom. The molecule has 0 aliphatic heterocycles. The first-order chi connectivity index (χ1) is 9.48. The Balaban J connectivity index is 2.30. The van der Waals surface area contributed by atoms with Gasteiger partial charge in [-0.1, -0.05) is 26.0 Å². The maximum atomic E-state index is 12.4. The summed E-state index contributed by atoms with van der Waals surface area (Å²) in [5.41, 5.74) is 1.60. The summed E-state index contributed by atoms with van der Waals surface area (Å²) in [6.45, 7) is 6.46. The molecule has 20 heavy (non-hydrogen) atoms. The summed E-state index contributed by atoms with van der Waals surface area (Å²) in [5, 5.41) is 3.48. The molecule has 2 rings (SSSR count). The molecule has 3 heteroatoms. The fraction of sp³-hybridized carbons (Fsp3) is 0.588. The highest BCUT2D eigenvalue weighted by atomic mass is 16.5. The minimum absolute atomic E-state index is 0.140. The zero-order chi connectivity index (χ0) is 14.8. The van der Waals surface area contributed by atoms with Gasteiger partial charge >= 0.3 is 5.97 Å². The second-order valence-electron chi connectivity index (χ2n) is 6.24. The van der Waals surface area contributed by atoms with Crippen LogP contribution in [0.4, 0.5) is 5.69 Å². The topological polar surface area (TPSA) is 38.3 Å². The maximum Gasteiger partial charge on any atom is 0.331 e. The van der Waals surface area contributed by atoms with E-state index in [1.165, 1.54) is 12.7 Å². The molecule has 1 aliphatic rings. The summed E-state index contributed by atoms with van der Waals surface area (Å²) in [4.78, 5) is 12.4. The number of carbonyl (C=O) groups is 1. The highest BCUT2D eigenvalue weighted by Crippen LogP contribution is 2.40. The van der Waals surface area contributed by atoms with E-state index in [0.29, 0.717) is 5.92 Å². The van der Waals surface area contributed by atoms with Gasteiger partial charge in [-0.3, -0.25) is 0 Å². The van der Waals surface area contributed by atoms with Gasteiger partial charge in [0.15, 0.2) is 0 Å². The average molecular weight is 275 g/mol. The largest absolute Gasteiger partial charge is 0.467 e. The van der Waals surface area contributed by atoms with Crippen LogP contribution in [0, 0.1) is 18.8 Å². The van der Waals surface area contributed by atoms with Crippen LogP contribution in [0.5, 0.6) is 0 Å². The lowest BCUT2D eigenvalue weighted by atomic mass is 9.69. The molecule has 0 bridgehead atoms. The van der Waals surface area contributed by atoms with Gasteiger partial charge in [0.2, 0.25) is 0 Å². The van der Waals surface area contributed by atoms with Crippen LogP contribution in [0.1, 0.15) is 38.7 Å². The van der Waals surface area contributed by atoms with E-state index in [4.69, 9.17) is 4.74 Å². The van der Waals surface area contributed by atoms with Crippen molar-refractivity contribution >= 4 is 11.7 Å². The Morgan fingerprint density at radius 2 is 2.15 bits per heavy atom. The first-order valence-corrected chi connectivity index (χ1v) is 7.41. The smallest absolute Gasteiger partial charge is 0.331 e. The quantitative estimate of drug-likeness (QED) is 0.853. The monoisotopic (exact) mass is 275 g/mol. The van der Waals surface area contributed by atoms with Gasteiger partial charge in [0.1, 0.15) is 5.54 Å². The maximum absolute atomic E-state index is 12.4. The number of methoxy groups -OCH3 is 1. The van der Waals surface area contributed by atoms with Crippen molar-refractivity contribution in [2.24, 2.45) is 11.8 Å². The minimum Gasteiger partial charge on any atom is -0.467 e. The van der Waals surface area contributed by atoms with Crippen molar-refractivity contribution in [1.82, 2.24) is 0 Å². The zero-order valence-corrected chi connectivity index (χ0v) is 12.9. The van der Waals surface area contributed by atoms with Gasteiger partial charge < -0.3 is 10.1 Å². The second kappa shape index (κ2) is 5.86. The number of hydrogen-bond acceptors (Lipinski definition) is 3. The van der Waals surface area contributed by atoms with Crippen LogP contribution in [0.3, 0.4) is 0 Å². The Hall–Kier alpha value is -1.51. The molecule has 0 aromatic heterocycles. The number of nitrogens with one attached hydrogen (secondary N) is 1. The predicted molar refractivity (Wildman–Crippen MR) is 81.7 cm³/mol. The summed E-state index contributed by atoms with van der Waals surface area (Å²) in [6.07, 6.45) is 2.93. The molecular formula is C17H25NO2. The molecule has 1 aromatic rings. The fourth-order valence-corrected chi connectivity index (χ4v) is 3.35. The van der Waals surface area contributed by atoms with E-state index in [1.54, 1.807) is 0 Å². The van der Waals surface area contributed by atoms with E-state index in [-0.39, 0.29) is 11.9 Å². The van der Waals surface area contributed by atoms with Crippen LogP contribution in [0.25, 0.3) is 0 Å². The van der Waals surface area contributed by atoms with E-state index >= 15 is 0 Å². The Labute approximate surface area is 121 Å². The summed E-state index contributed by atoms with van der Waals surface area (Å²) >= 11 is 0. The molecule has 0 radical (unpaired) electrons. The van der Waals surface area contributed by atoms with Gasteiger partial charge in [0.25, 0.3) is 0 Å². The molecule has 0 spiro atoms. The average Bonchev–Trinajstić information content (AvgIpc) is 2.41.